The van der Waals surface area contributed by atoms with Crippen LogP contribution in [0.25, 0.3) is 55.3 Å². The number of nitrogens with zero attached hydrogens (tertiary/aromatic N) is 1. The molecule has 0 spiro atoms. The van der Waals surface area contributed by atoms with Crippen LogP contribution in [0.4, 0.5) is 17.1 Å². The van der Waals surface area contributed by atoms with Crippen molar-refractivity contribution in [2.24, 2.45) is 0 Å². The maximum atomic E-state index is 2.48. The second kappa shape index (κ2) is 14.4. The van der Waals surface area contributed by atoms with E-state index in [2.05, 4.69) is 255 Å². The number of rotatable bonds is 7. The molecular weight excluding hydrogens is 759 g/mol. The SMILES string of the molecule is CC1(C)c2ccc(N(c3ccc(-c4ccc(-c5ccccc5)cc4)cc3)c3ccc4c(c3)C(c3ccccc3)(c3ccccc3)c3ccccc3-4)cc2-c2cc3ccccc3cc21. The summed E-state index contributed by atoms with van der Waals surface area (Å²) in [5, 5.41) is 2.55. The summed E-state index contributed by atoms with van der Waals surface area (Å²) < 4.78 is 0. The third kappa shape index (κ3) is 5.77. The van der Waals surface area contributed by atoms with E-state index in [-0.39, 0.29) is 5.41 Å². The first kappa shape index (κ1) is 37.1. The minimum Gasteiger partial charge on any atom is -0.310 e. The fourth-order valence-electron chi connectivity index (χ4n) is 10.9. The Morgan fingerprint density at radius 3 is 1.40 bits per heavy atom. The van der Waals surface area contributed by atoms with Gasteiger partial charge in [0.1, 0.15) is 0 Å². The highest BCUT2D eigenvalue weighted by Gasteiger charge is 2.46. The zero-order valence-corrected chi connectivity index (χ0v) is 35.5. The number of benzene rings is 10. The smallest absolute Gasteiger partial charge is 0.0714 e. The van der Waals surface area contributed by atoms with Crippen molar-refractivity contribution in [3.8, 4) is 44.5 Å². The van der Waals surface area contributed by atoms with Crippen molar-refractivity contribution >= 4 is 27.8 Å². The minimum atomic E-state index is -0.506. The Morgan fingerprint density at radius 2 is 0.746 bits per heavy atom. The second-order valence-corrected chi connectivity index (χ2v) is 17.7. The van der Waals surface area contributed by atoms with Gasteiger partial charge in [0.2, 0.25) is 0 Å². The van der Waals surface area contributed by atoms with Crippen LogP contribution in [0.1, 0.15) is 47.2 Å². The Balaban J connectivity index is 1.05. The molecule has 0 fully saturated rings. The van der Waals surface area contributed by atoms with E-state index >= 15 is 0 Å². The molecule has 1 heteroatoms. The Kier molecular flexibility index (Phi) is 8.49. The minimum absolute atomic E-state index is 0.125. The lowest BCUT2D eigenvalue weighted by Crippen LogP contribution is -2.28. The van der Waals surface area contributed by atoms with Gasteiger partial charge in [0.15, 0.2) is 0 Å². The Bertz CT molecular complexity index is 3290. The van der Waals surface area contributed by atoms with Gasteiger partial charge in [-0.2, -0.15) is 0 Å². The summed E-state index contributed by atoms with van der Waals surface area (Å²) in [6.07, 6.45) is 0. The number of hydrogen-bond donors (Lipinski definition) is 0. The van der Waals surface area contributed by atoms with Crippen LogP contribution >= 0.6 is 0 Å². The number of fused-ring (bicyclic) bond motifs is 7. The normalized spacial score (nSPS) is 13.8. The van der Waals surface area contributed by atoms with Crippen molar-refractivity contribution in [1.82, 2.24) is 0 Å². The van der Waals surface area contributed by atoms with Gasteiger partial charge < -0.3 is 4.90 Å². The van der Waals surface area contributed by atoms with Crippen LogP contribution in [0.3, 0.4) is 0 Å². The molecule has 10 aromatic rings. The first-order valence-corrected chi connectivity index (χ1v) is 22.1. The summed E-state index contributed by atoms with van der Waals surface area (Å²) >= 11 is 0. The van der Waals surface area contributed by atoms with Crippen molar-refractivity contribution in [1.29, 1.82) is 0 Å². The summed E-state index contributed by atoms with van der Waals surface area (Å²) in [6.45, 7) is 4.75. The molecule has 0 saturated heterocycles. The molecule has 10 aromatic carbocycles. The molecule has 0 atom stereocenters. The number of hydrogen-bond acceptors (Lipinski definition) is 1. The van der Waals surface area contributed by atoms with Crippen LogP contribution in [-0.4, -0.2) is 0 Å². The van der Waals surface area contributed by atoms with Crippen molar-refractivity contribution in [2.45, 2.75) is 24.7 Å². The van der Waals surface area contributed by atoms with Gasteiger partial charge >= 0.3 is 0 Å². The molecule has 0 unspecified atom stereocenters. The zero-order chi connectivity index (χ0) is 42.1. The van der Waals surface area contributed by atoms with Gasteiger partial charge in [-0.1, -0.05) is 202 Å². The molecule has 298 valence electrons. The van der Waals surface area contributed by atoms with Crippen molar-refractivity contribution in [3.05, 3.63) is 270 Å². The van der Waals surface area contributed by atoms with E-state index in [4.69, 9.17) is 0 Å². The van der Waals surface area contributed by atoms with E-state index in [0.717, 1.165) is 17.1 Å². The highest BCUT2D eigenvalue weighted by molar-refractivity contribution is 5.96. The molecule has 0 amide bonds. The first-order valence-electron chi connectivity index (χ1n) is 22.1. The Morgan fingerprint density at radius 1 is 0.286 bits per heavy atom. The van der Waals surface area contributed by atoms with Crippen LogP contribution in [0.5, 0.6) is 0 Å². The van der Waals surface area contributed by atoms with Gasteiger partial charge in [-0.15, -0.1) is 0 Å². The predicted molar refractivity (Wildman–Crippen MR) is 264 cm³/mol. The molecule has 0 aliphatic heterocycles. The predicted octanol–water partition coefficient (Wildman–Crippen LogP) is 16.3. The maximum absolute atomic E-state index is 2.48. The fraction of sp³-hybridized carbons (Fsp3) is 0.0645. The molecule has 2 aliphatic carbocycles. The van der Waals surface area contributed by atoms with Crippen molar-refractivity contribution in [2.75, 3.05) is 4.90 Å². The lowest BCUT2D eigenvalue weighted by molar-refractivity contribution is 0.661. The lowest BCUT2D eigenvalue weighted by atomic mass is 9.67. The zero-order valence-electron chi connectivity index (χ0n) is 35.5. The number of anilines is 3. The molecule has 0 heterocycles. The van der Waals surface area contributed by atoms with E-state index in [9.17, 15) is 0 Å². The molecule has 2 aliphatic rings. The molecule has 0 radical (unpaired) electrons. The van der Waals surface area contributed by atoms with Gasteiger partial charge in [0.25, 0.3) is 0 Å². The topological polar surface area (TPSA) is 3.24 Å². The van der Waals surface area contributed by atoms with Crippen molar-refractivity contribution < 1.29 is 0 Å². The molecule has 0 bridgehead atoms. The molecule has 0 N–H and O–H groups in total. The van der Waals surface area contributed by atoms with E-state index in [1.54, 1.807) is 0 Å². The molecular formula is C62H45N. The Labute approximate surface area is 370 Å². The van der Waals surface area contributed by atoms with Gasteiger partial charge in [-0.3, -0.25) is 0 Å². The van der Waals surface area contributed by atoms with E-state index < -0.39 is 5.41 Å². The summed E-state index contributed by atoms with van der Waals surface area (Å²) in [7, 11) is 0. The second-order valence-electron chi connectivity index (χ2n) is 17.7. The quantitative estimate of drug-likeness (QED) is 0.155. The monoisotopic (exact) mass is 803 g/mol. The third-order valence-corrected chi connectivity index (χ3v) is 13.9. The average Bonchev–Trinajstić information content (AvgIpc) is 3.76. The van der Waals surface area contributed by atoms with Crippen LogP contribution in [-0.2, 0) is 10.8 Å². The highest BCUT2D eigenvalue weighted by atomic mass is 15.1. The summed E-state index contributed by atoms with van der Waals surface area (Å²) in [4.78, 5) is 2.47. The van der Waals surface area contributed by atoms with E-state index in [0.29, 0.717) is 0 Å². The standard InChI is InChI=1S/C62H45N/c1-61(2)57-37-35-51(40-56(57)55-38-46-18-12-13-19-47(46)39-59(55)61)63(50-32-30-45(31-33-50)44-28-26-43(27-29-44)42-16-6-3-7-17-42)52-34-36-54-53-24-14-15-25-58(53)62(60(54)41-52,48-20-8-4-9-21-48)49-22-10-5-11-23-49/h3-41H,1-2H3. The lowest BCUT2D eigenvalue weighted by Gasteiger charge is -2.35. The third-order valence-electron chi connectivity index (χ3n) is 13.9. The van der Waals surface area contributed by atoms with Gasteiger partial charge in [0.05, 0.1) is 5.41 Å². The molecule has 1 nitrogen and oxygen atoms in total. The van der Waals surface area contributed by atoms with Crippen LogP contribution in [0.15, 0.2) is 237 Å². The van der Waals surface area contributed by atoms with Crippen LogP contribution in [0.2, 0.25) is 0 Å². The maximum Gasteiger partial charge on any atom is 0.0714 e. The molecule has 0 aromatic heterocycles. The average molecular weight is 804 g/mol. The highest BCUT2D eigenvalue weighted by Crippen LogP contribution is 2.58. The summed E-state index contributed by atoms with van der Waals surface area (Å²) in [6, 6.07) is 87.8. The largest absolute Gasteiger partial charge is 0.310 e. The molecule has 12 rings (SSSR count). The molecule has 63 heavy (non-hydrogen) atoms. The van der Waals surface area contributed by atoms with E-state index in [1.807, 2.05) is 0 Å². The van der Waals surface area contributed by atoms with Crippen LogP contribution < -0.4 is 4.90 Å². The van der Waals surface area contributed by atoms with E-state index in [1.165, 1.54) is 88.7 Å². The van der Waals surface area contributed by atoms with Gasteiger partial charge in [-0.05, 0) is 137 Å². The Hall–Kier alpha value is -7.74. The fourth-order valence-corrected chi connectivity index (χ4v) is 10.9. The summed E-state index contributed by atoms with van der Waals surface area (Å²) in [5.74, 6) is 0. The summed E-state index contributed by atoms with van der Waals surface area (Å²) in [5.41, 5.74) is 20.6. The van der Waals surface area contributed by atoms with Crippen LogP contribution in [0, 0.1) is 0 Å². The van der Waals surface area contributed by atoms with Crippen molar-refractivity contribution in [3.63, 3.8) is 0 Å². The van der Waals surface area contributed by atoms with Gasteiger partial charge in [0, 0.05) is 22.5 Å². The first-order chi connectivity index (χ1) is 31.0. The molecule has 0 saturated carbocycles. The van der Waals surface area contributed by atoms with Gasteiger partial charge in [-0.25, -0.2) is 0 Å².